The van der Waals surface area contributed by atoms with Gasteiger partial charge < -0.3 is 16.2 Å². The largest absolute Gasteiger partial charge is 0.481 e. The molecular formula is C15H22N2O3. The van der Waals surface area contributed by atoms with Crippen LogP contribution in [0.3, 0.4) is 0 Å². The third-order valence-electron chi connectivity index (χ3n) is 3.19. The quantitative estimate of drug-likeness (QED) is 0.676. The van der Waals surface area contributed by atoms with Gasteiger partial charge in [-0.3, -0.25) is 9.59 Å². The highest BCUT2D eigenvalue weighted by Crippen LogP contribution is 2.15. The van der Waals surface area contributed by atoms with E-state index in [1.807, 2.05) is 37.3 Å². The Morgan fingerprint density at radius 1 is 1.30 bits per heavy atom. The van der Waals surface area contributed by atoms with Crippen molar-refractivity contribution in [3.63, 3.8) is 0 Å². The summed E-state index contributed by atoms with van der Waals surface area (Å²) < 4.78 is 0. The first-order valence-corrected chi connectivity index (χ1v) is 6.84. The van der Waals surface area contributed by atoms with Crippen molar-refractivity contribution >= 4 is 11.9 Å². The molecule has 0 radical (unpaired) electrons. The molecule has 1 aromatic carbocycles. The monoisotopic (exact) mass is 278 g/mol. The van der Waals surface area contributed by atoms with E-state index in [1.54, 1.807) is 0 Å². The van der Waals surface area contributed by atoms with Gasteiger partial charge in [-0.25, -0.2) is 0 Å². The third kappa shape index (κ3) is 5.84. The molecule has 4 N–H and O–H groups in total. The maximum Gasteiger partial charge on any atom is 0.305 e. The van der Waals surface area contributed by atoms with Gasteiger partial charge in [0.05, 0.1) is 6.42 Å². The van der Waals surface area contributed by atoms with E-state index in [0.29, 0.717) is 19.3 Å². The number of aliphatic carboxylic acids is 1. The van der Waals surface area contributed by atoms with E-state index in [-0.39, 0.29) is 24.4 Å². The summed E-state index contributed by atoms with van der Waals surface area (Å²) in [7, 11) is 0. The van der Waals surface area contributed by atoms with Gasteiger partial charge in [0, 0.05) is 18.5 Å². The molecule has 0 heterocycles. The number of benzene rings is 1. The van der Waals surface area contributed by atoms with Gasteiger partial charge in [-0.2, -0.15) is 0 Å². The van der Waals surface area contributed by atoms with E-state index < -0.39 is 5.97 Å². The third-order valence-corrected chi connectivity index (χ3v) is 3.19. The molecular weight excluding hydrogens is 256 g/mol. The molecule has 5 heteroatoms. The molecule has 0 aliphatic carbocycles. The summed E-state index contributed by atoms with van der Waals surface area (Å²) in [4.78, 5) is 22.4. The van der Waals surface area contributed by atoms with Crippen LogP contribution in [0.1, 0.15) is 44.2 Å². The molecule has 0 aliphatic heterocycles. The summed E-state index contributed by atoms with van der Waals surface area (Å²) in [5.41, 5.74) is 7.01. The number of rotatable bonds is 8. The predicted octanol–water partition coefficient (Wildman–Crippen LogP) is 1.84. The van der Waals surface area contributed by atoms with Crippen molar-refractivity contribution in [2.75, 3.05) is 0 Å². The first-order chi connectivity index (χ1) is 9.52. The fraction of sp³-hybridized carbons (Fsp3) is 0.467. The van der Waals surface area contributed by atoms with Crippen LogP contribution in [0.25, 0.3) is 0 Å². The van der Waals surface area contributed by atoms with E-state index in [4.69, 9.17) is 10.8 Å². The molecule has 0 saturated heterocycles. The van der Waals surface area contributed by atoms with Crippen molar-refractivity contribution in [1.82, 2.24) is 5.32 Å². The van der Waals surface area contributed by atoms with Gasteiger partial charge in [0.25, 0.3) is 0 Å². The summed E-state index contributed by atoms with van der Waals surface area (Å²) >= 11 is 0. The Bertz CT molecular complexity index is 434. The fourth-order valence-electron chi connectivity index (χ4n) is 1.96. The van der Waals surface area contributed by atoms with Gasteiger partial charge >= 0.3 is 5.97 Å². The van der Waals surface area contributed by atoms with Gasteiger partial charge in [0.15, 0.2) is 0 Å². The average molecular weight is 278 g/mol. The number of hydrogen-bond acceptors (Lipinski definition) is 3. The highest BCUT2D eigenvalue weighted by molar-refractivity contribution is 5.77. The summed E-state index contributed by atoms with van der Waals surface area (Å²) in [5, 5.41) is 11.5. The molecule has 0 fully saturated rings. The van der Waals surface area contributed by atoms with Gasteiger partial charge in [0.1, 0.15) is 0 Å². The molecule has 5 nitrogen and oxygen atoms in total. The number of carbonyl (C=O) groups excluding carboxylic acids is 1. The van der Waals surface area contributed by atoms with E-state index >= 15 is 0 Å². The number of hydrogen-bond donors (Lipinski definition) is 3. The number of nitrogens with one attached hydrogen (secondary N) is 1. The topological polar surface area (TPSA) is 92.4 Å². The molecule has 2 atom stereocenters. The molecule has 110 valence electrons. The number of carboxylic acids is 1. The van der Waals surface area contributed by atoms with Crippen molar-refractivity contribution in [3.8, 4) is 0 Å². The van der Waals surface area contributed by atoms with Crippen LogP contribution in [-0.4, -0.2) is 23.0 Å². The first-order valence-electron chi connectivity index (χ1n) is 6.84. The lowest BCUT2D eigenvalue weighted by molar-refractivity contribution is -0.137. The highest BCUT2D eigenvalue weighted by Gasteiger charge is 2.15. The van der Waals surface area contributed by atoms with E-state index in [2.05, 4.69) is 5.32 Å². The molecule has 2 unspecified atom stereocenters. The SMILES string of the molecule is CCC(CC(=O)O)NC(=O)CCC(N)c1ccccc1. The minimum atomic E-state index is -0.905. The lowest BCUT2D eigenvalue weighted by Crippen LogP contribution is -2.36. The normalized spacial score (nSPS) is 13.5. The van der Waals surface area contributed by atoms with Crippen molar-refractivity contribution in [3.05, 3.63) is 35.9 Å². The molecule has 0 spiro atoms. The predicted molar refractivity (Wildman–Crippen MR) is 77.1 cm³/mol. The molecule has 1 rings (SSSR count). The Balaban J connectivity index is 2.37. The van der Waals surface area contributed by atoms with Gasteiger partial charge in [-0.1, -0.05) is 37.3 Å². The zero-order valence-electron chi connectivity index (χ0n) is 11.7. The van der Waals surface area contributed by atoms with Crippen molar-refractivity contribution in [2.24, 2.45) is 5.73 Å². The lowest BCUT2D eigenvalue weighted by Gasteiger charge is -2.16. The zero-order chi connectivity index (χ0) is 15.0. The fourth-order valence-corrected chi connectivity index (χ4v) is 1.96. The molecule has 20 heavy (non-hydrogen) atoms. The second-order valence-corrected chi connectivity index (χ2v) is 4.83. The number of carboxylic acid groups (broad SMARTS) is 1. The van der Waals surface area contributed by atoms with E-state index in [9.17, 15) is 9.59 Å². The van der Waals surface area contributed by atoms with E-state index in [1.165, 1.54) is 0 Å². The van der Waals surface area contributed by atoms with Crippen LogP contribution in [0.2, 0.25) is 0 Å². The molecule has 1 amide bonds. The van der Waals surface area contributed by atoms with Gasteiger partial charge in [-0.15, -0.1) is 0 Å². The smallest absolute Gasteiger partial charge is 0.305 e. The van der Waals surface area contributed by atoms with Crippen LogP contribution in [0, 0.1) is 0 Å². The minimum Gasteiger partial charge on any atom is -0.481 e. The summed E-state index contributed by atoms with van der Waals surface area (Å²) in [6.07, 6.45) is 1.39. The maximum atomic E-state index is 11.8. The summed E-state index contributed by atoms with van der Waals surface area (Å²) in [5.74, 6) is -1.05. The average Bonchev–Trinajstić information content (AvgIpc) is 2.44. The molecule has 0 saturated carbocycles. The Labute approximate surface area is 119 Å². The van der Waals surface area contributed by atoms with Crippen molar-refractivity contribution in [2.45, 2.75) is 44.7 Å². The Kier molecular flexibility index (Phi) is 6.73. The second-order valence-electron chi connectivity index (χ2n) is 4.83. The van der Waals surface area contributed by atoms with Crippen LogP contribution in [0.5, 0.6) is 0 Å². The highest BCUT2D eigenvalue weighted by atomic mass is 16.4. The summed E-state index contributed by atoms with van der Waals surface area (Å²) in [6, 6.07) is 9.11. The van der Waals surface area contributed by atoms with Crippen molar-refractivity contribution < 1.29 is 14.7 Å². The first kappa shape index (κ1) is 16.2. The van der Waals surface area contributed by atoms with Crippen LogP contribution >= 0.6 is 0 Å². The number of carbonyl (C=O) groups is 2. The molecule has 0 bridgehead atoms. The Morgan fingerprint density at radius 2 is 1.95 bits per heavy atom. The van der Waals surface area contributed by atoms with Gasteiger partial charge in [0.2, 0.25) is 5.91 Å². The minimum absolute atomic E-state index is 0.0486. The standard InChI is InChI=1S/C15H22N2O3/c1-2-12(10-15(19)20)17-14(18)9-8-13(16)11-6-4-3-5-7-11/h3-7,12-13H,2,8-10,16H2,1H3,(H,17,18)(H,19,20). The van der Waals surface area contributed by atoms with Crippen LogP contribution in [0.4, 0.5) is 0 Å². The van der Waals surface area contributed by atoms with Crippen molar-refractivity contribution in [1.29, 1.82) is 0 Å². The molecule has 1 aromatic rings. The lowest BCUT2D eigenvalue weighted by atomic mass is 10.0. The second kappa shape index (κ2) is 8.32. The maximum absolute atomic E-state index is 11.8. The van der Waals surface area contributed by atoms with E-state index in [0.717, 1.165) is 5.56 Å². The van der Waals surface area contributed by atoms with Crippen LogP contribution in [-0.2, 0) is 9.59 Å². The van der Waals surface area contributed by atoms with Crippen LogP contribution in [0.15, 0.2) is 30.3 Å². The molecule has 0 aromatic heterocycles. The Hall–Kier alpha value is -1.88. The zero-order valence-corrected chi connectivity index (χ0v) is 11.7. The molecule has 0 aliphatic rings. The van der Waals surface area contributed by atoms with Gasteiger partial charge in [-0.05, 0) is 18.4 Å². The van der Waals surface area contributed by atoms with Crippen LogP contribution < -0.4 is 11.1 Å². The number of amides is 1. The Morgan fingerprint density at radius 3 is 2.50 bits per heavy atom. The number of nitrogens with two attached hydrogens (primary N) is 1. The summed E-state index contributed by atoms with van der Waals surface area (Å²) in [6.45, 7) is 1.85.